The molecule has 0 aliphatic heterocycles. The molecule has 0 N–H and O–H groups in total. The quantitative estimate of drug-likeness (QED) is 0.380. The summed E-state index contributed by atoms with van der Waals surface area (Å²) in [6, 6.07) is 0. The summed E-state index contributed by atoms with van der Waals surface area (Å²) in [5, 5.41) is 0. The molecule has 0 aromatic carbocycles. The fraction of sp³-hybridized carbons (Fsp3) is 0.350. The SMILES string of the molecule is CCOC(=O)/C=C(C)/C=C/C=C(C)/C=C/c1c(C)sc(C)c1C. The van der Waals surface area contributed by atoms with Crippen LogP contribution in [0.15, 0.2) is 41.5 Å². The van der Waals surface area contributed by atoms with Gasteiger partial charge in [-0.05, 0) is 58.2 Å². The van der Waals surface area contributed by atoms with Crippen LogP contribution in [-0.2, 0) is 9.53 Å². The second-order valence-corrected chi connectivity index (χ2v) is 6.93. The summed E-state index contributed by atoms with van der Waals surface area (Å²) in [6.07, 6.45) is 11.7. The third-order valence-corrected chi connectivity index (χ3v) is 4.62. The van der Waals surface area contributed by atoms with Gasteiger partial charge in [0, 0.05) is 15.8 Å². The summed E-state index contributed by atoms with van der Waals surface area (Å²) in [5.74, 6) is -0.297. The summed E-state index contributed by atoms with van der Waals surface area (Å²) in [5.41, 5.74) is 4.72. The van der Waals surface area contributed by atoms with Crippen molar-refractivity contribution in [2.75, 3.05) is 6.61 Å². The lowest BCUT2D eigenvalue weighted by atomic mass is 10.1. The van der Waals surface area contributed by atoms with Crippen LogP contribution in [0, 0.1) is 20.8 Å². The molecule has 0 aliphatic carbocycles. The number of rotatable bonds is 6. The molecule has 23 heavy (non-hydrogen) atoms. The minimum Gasteiger partial charge on any atom is -0.463 e. The largest absolute Gasteiger partial charge is 0.463 e. The smallest absolute Gasteiger partial charge is 0.330 e. The second kappa shape index (κ2) is 9.31. The number of ether oxygens (including phenoxy) is 1. The Bertz CT molecular complexity index is 670. The first-order chi connectivity index (χ1) is 10.8. The zero-order chi connectivity index (χ0) is 17.4. The number of allylic oxidation sites excluding steroid dienone is 6. The Balaban J connectivity index is 2.72. The van der Waals surface area contributed by atoms with Crippen LogP contribution < -0.4 is 0 Å². The van der Waals surface area contributed by atoms with E-state index in [0.717, 1.165) is 11.1 Å². The van der Waals surface area contributed by atoms with E-state index in [0.29, 0.717) is 6.61 Å². The van der Waals surface area contributed by atoms with Gasteiger partial charge in [0.05, 0.1) is 6.61 Å². The second-order valence-electron chi connectivity index (χ2n) is 5.50. The average Bonchev–Trinajstić information content (AvgIpc) is 2.70. The third kappa shape index (κ3) is 6.41. The maximum absolute atomic E-state index is 11.3. The van der Waals surface area contributed by atoms with Crippen molar-refractivity contribution in [2.24, 2.45) is 0 Å². The van der Waals surface area contributed by atoms with Crippen molar-refractivity contribution in [3.8, 4) is 0 Å². The molecule has 1 aromatic rings. The minimum absolute atomic E-state index is 0.297. The number of carbonyl (C=O) groups excluding carboxylic acids is 1. The van der Waals surface area contributed by atoms with Crippen LogP contribution in [-0.4, -0.2) is 12.6 Å². The average molecular weight is 330 g/mol. The number of carbonyl (C=O) groups is 1. The van der Waals surface area contributed by atoms with Crippen LogP contribution in [0.5, 0.6) is 0 Å². The highest BCUT2D eigenvalue weighted by molar-refractivity contribution is 7.12. The van der Waals surface area contributed by atoms with Crippen LogP contribution in [0.4, 0.5) is 0 Å². The van der Waals surface area contributed by atoms with E-state index in [2.05, 4.69) is 39.8 Å². The van der Waals surface area contributed by atoms with Gasteiger partial charge >= 0.3 is 5.97 Å². The van der Waals surface area contributed by atoms with Crippen molar-refractivity contribution < 1.29 is 9.53 Å². The molecule has 0 bridgehead atoms. The lowest BCUT2D eigenvalue weighted by molar-refractivity contribution is -0.137. The molecule has 1 heterocycles. The van der Waals surface area contributed by atoms with Crippen LogP contribution in [0.2, 0.25) is 0 Å². The standard InChI is InChI=1S/C20H26O2S/c1-7-22-20(21)13-15(3)10-8-9-14(2)11-12-19-16(4)17(5)23-18(19)6/h8-13H,7H2,1-6H3/b10-8+,12-11+,14-9+,15-13+. The van der Waals surface area contributed by atoms with Gasteiger partial charge in [-0.2, -0.15) is 0 Å². The Kier molecular flexibility index (Phi) is 7.76. The molecule has 0 saturated heterocycles. The van der Waals surface area contributed by atoms with Gasteiger partial charge < -0.3 is 4.74 Å². The van der Waals surface area contributed by atoms with Crippen LogP contribution in [0.1, 0.15) is 41.7 Å². The van der Waals surface area contributed by atoms with Gasteiger partial charge in [-0.1, -0.05) is 36.0 Å². The van der Waals surface area contributed by atoms with E-state index in [1.54, 1.807) is 6.92 Å². The number of aryl methyl sites for hydroxylation is 2. The fourth-order valence-electron chi connectivity index (χ4n) is 2.10. The van der Waals surface area contributed by atoms with Crippen LogP contribution in [0.3, 0.4) is 0 Å². The Labute approximate surface area is 143 Å². The van der Waals surface area contributed by atoms with E-state index in [1.807, 2.05) is 36.5 Å². The zero-order valence-corrected chi connectivity index (χ0v) is 15.7. The highest BCUT2D eigenvalue weighted by Gasteiger charge is 2.05. The Morgan fingerprint density at radius 1 is 1.09 bits per heavy atom. The van der Waals surface area contributed by atoms with Crippen molar-refractivity contribution in [2.45, 2.75) is 41.5 Å². The first kappa shape index (κ1) is 19.2. The number of thiophene rings is 1. The van der Waals surface area contributed by atoms with Crippen LogP contribution >= 0.6 is 11.3 Å². The summed E-state index contributed by atoms with van der Waals surface area (Å²) in [4.78, 5) is 14.1. The van der Waals surface area contributed by atoms with E-state index in [4.69, 9.17) is 4.74 Å². The van der Waals surface area contributed by atoms with Gasteiger partial charge in [0.2, 0.25) is 0 Å². The summed E-state index contributed by atoms with van der Waals surface area (Å²) < 4.78 is 4.88. The summed E-state index contributed by atoms with van der Waals surface area (Å²) in [7, 11) is 0. The van der Waals surface area contributed by atoms with Crippen molar-refractivity contribution in [3.05, 3.63) is 62.4 Å². The molecular weight excluding hydrogens is 304 g/mol. The molecule has 1 aromatic heterocycles. The van der Waals surface area contributed by atoms with E-state index in [-0.39, 0.29) is 5.97 Å². The number of esters is 1. The highest BCUT2D eigenvalue weighted by Crippen LogP contribution is 2.27. The van der Waals surface area contributed by atoms with Gasteiger partial charge in [0.1, 0.15) is 0 Å². The van der Waals surface area contributed by atoms with Crippen molar-refractivity contribution in [3.63, 3.8) is 0 Å². The van der Waals surface area contributed by atoms with Crippen molar-refractivity contribution in [1.29, 1.82) is 0 Å². The molecule has 0 amide bonds. The molecule has 3 heteroatoms. The first-order valence-corrected chi connectivity index (χ1v) is 8.61. The number of hydrogen-bond donors (Lipinski definition) is 0. The zero-order valence-electron chi connectivity index (χ0n) is 14.9. The third-order valence-electron chi connectivity index (χ3n) is 3.48. The molecule has 0 saturated carbocycles. The monoisotopic (exact) mass is 330 g/mol. The first-order valence-electron chi connectivity index (χ1n) is 7.79. The lowest BCUT2D eigenvalue weighted by Gasteiger charge is -1.96. The molecule has 0 radical (unpaired) electrons. The molecule has 0 fully saturated rings. The summed E-state index contributed by atoms with van der Waals surface area (Å²) in [6.45, 7) is 12.6. The topological polar surface area (TPSA) is 26.3 Å². The lowest BCUT2D eigenvalue weighted by Crippen LogP contribution is -1.99. The molecule has 2 nitrogen and oxygen atoms in total. The van der Waals surface area contributed by atoms with Crippen LogP contribution in [0.25, 0.3) is 6.08 Å². The van der Waals surface area contributed by atoms with E-state index in [1.165, 1.54) is 27.0 Å². The Morgan fingerprint density at radius 2 is 1.78 bits per heavy atom. The van der Waals surface area contributed by atoms with E-state index >= 15 is 0 Å². The van der Waals surface area contributed by atoms with Gasteiger partial charge in [-0.25, -0.2) is 4.79 Å². The van der Waals surface area contributed by atoms with Crippen molar-refractivity contribution in [1.82, 2.24) is 0 Å². The number of hydrogen-bond acceptors (Lipinski definition) is 3. The molecule has 0 spiro atoms. The van der Waals surface area contributed by atoms with E-state index < -0.39 is 0 Å². The van der Waals surface area contributed by atoms with Gasteiger partial charge in [-0.3, -0.25) is 0 Å². The van der Waals surface area contributed by atoms with Gasteiger partial charge in [0.25, 0.3) is 0 Å². The predicted molar refractivity (Wildman–Crippen MR) is 101 cm³/mol. The maximum Gasteiger partial charge on any atom is 0.330 e. The fourth-order valence-corrected chi connectivity index (χ4v) is 3.15. The molecule has 0 atom stereocenters. The molecule has 124 valence electrons. The maximum atomic E-state index is 11.3. The molecular formula is C20H26O2S. The molecule has 1 rings (SSSR count). The highest BCUT2D eigenvalue weighted by atomic mass is 32.1. The molecule has 0 aliphatic rings. The Morgan fingerprint density at radius 3 is 2.35 bits per heavy atom. The Hall–Kier alpha value is -1.87. The van der Waals surface area contributed by atoms with Gasteiger partial charge in [-0.15, -0.1) is 11.3 Å². The predicted octanol–water partition coefficient (Wildman–Crippen LogP) is 5.70. The van der Waals surface area contributed by atoms with Crippen molar-refractivity contribution >= 4 is 23.4 Å². The van der Waals surface area contributed by atoms with Gasteiger partial charge in [0.15, 0.2) is 0 Å². The normalized spacial score (nSPS) is 13.3. The van der Waals surface area contributed by atoms with E-state index in [9.17, 15) is 4.79 Å². The minimum atomic E-state index is -0.297. The molecule has 0 unspecified atom stereocenters. The summed E-state index contributed by atoms with van der Waals surface area (Å²) >= 11 is 1.84.